The number of nitrogens with zero attached hydrogens (tertiary/aromatic N) is 2. The lowest BCUT2D eigenvalue weighted by Gasteiger charge is -2.20. The monoisotopic (exact) mass is 298 g/mol. The number of anilines is 2. The fourth-order valence-corrected chi connectivity index (χ4v) is 2.82. The molecule has 0 unspecified atom stereocenters. The number of carbonyl (C=O) groups is 1. The zero-order valence-electron chi connectivity index (χ0n) is 13.1. The third-order valence-electron chi connectivity index (χ3n) is 2.78. The number of aromatic nitrogens is 1. The summed E-state index contributed by atoms with van der Waals surface area (Å²) in [7, 11) is 0. The van der Waals surface area contributed by atoms with Gasteiger partial charge >= 0.3 is 0 Å². The van der Waals surface area contributed by atoms with Crippen molar-refractivity contribution in [3.63, 3.8) is 0 Å². The smallest absolute Gasteiger partial charge is 0.267 e. The van der Waals surface area contributed by atoms with E-state index >= 15 is 0 Å². The van der Waals surface area contributed by atoms with Crippen molar-refractivity contribution in [2.45, 2.75) is 53.0 Å². The largest absolute Gasteiger partial charge is 0.382 e. The Morgan fingerprint density at radius 2 is 2.05 bits per heavy atom. The van der Waals surface area contributed by atoms with E-state index in [0.29, 0.717) is 22.4 Å². The third kappa shape index (κ3) is 4.67. The van der Waals surface area contributed by atoms with Gasteiger partial charge in [0.25, 0.3) is 5.91 Å². The zero-order chi connectivity index (χ0) is 15.3. The Bertz CT molecular complexity index is 451. The standard InChI is InChI=1S/C14H26N4OS/c1-6-8-9-18(7-2)12(19)10-11(15)16-13(20-10)17-14(3,4)5/h6-9,15H2,1-5H3,(H,16,17). The first-order valence-corrected chi connectivity index (χ1v) is 7.94. The summed E-state index contributed by atoms with van der Waals surface area (Å²) in [4.78, 5) is 19.1. The first-order valence-electron chi connectivity index (χ1n) is 7.12. The Morgan fingerprint density at radius 1 is 1.40 bits per heavy atom. The lowest BCUT2D eigenvalue weighted by Crippen LogP contribution is -2.31. The number of unbranched alkanes of at least 4 members (excludes halogenated alkanes) is 1. The highest BCUT2D eigenvalue weighted by Crippen LogP contribution is 2.28. The predicted molar refractivity (Wildman–Crippen MR) is 86.4 cm³/mol. The van der Waals surface area contributed by atoms with E-state index in [-0.39, 0.29) is 11.4 Å². The normalized spacial score (nSPS) is 11.4. The Labute approximate surface area is 125 Å². The Balaban J connectivity index is 2.87. The van der Waals surface area contributed by atoms with Gasteiger partial charge in [0.15, 0.2) is 5.13 Å². The minimum absolute atomic E-state index is 0.0158. The summed E-state index contributed by atoms with van der Waals surface area (Å²) in [5.74, 6) is 0.305. The molecule has 0 aliphatic heterocycles. The second-order valence-corrected chi connectivity index (χ2v) is 6.85. The van der Waals surface area contributed by atoms with Crippen molar-refractivity contribution in [2.75, 3.05) is 24.1 Å². The molecule has 1 heterocycles. The van der Waals surface area contributed by atoms with Crippen LogP contribution < -0.4 is 11.1 Å². The van der Waals surface area contributed by atoms with Gasteiger partial charge in [0.05, 0.1) is 0 Å². The van der Waals surface area contributed by atoms with Crippen molar-refractivity contribution < 1.29 is 4.79 Å². The van der Waals surface area contributed by atoms with Crippen LogP contribution in [0.1, 0.15) is 57.1 Å². The van der Waals surface area contributed by atoms with Gasteiger partial charge in [0, 0.05) is 18.6 Å². The molecule has 1 amide bonds. The number of hydrogen-bond donors (Lipinski definition) is 2. The number of nitrogen functional groups attached to an aromatic ring is 1. The lowest BCUT2D eigenvalue weighted by molar-refractivity contribution is 0.0768. The summed E-state index contributed by atoms with van der Waals surface area (Å²) in [6.45, 7) is 11.7. The molecule has 0 atom stereocenters. The topological polar surface area (TPSA) is 71.2 Å². The molecule has 0 spiro atoms. The molecule has 6 heteroatoms. The van der Waals surface area contributed by atoms with Crippen LogP contribution in [0.4, 0.5) is 10.9 Å². The lowest BCUT2D eigenvalue weighted by atomic mass is 10.1. The summed E-state index contributed by atoms with van der Waals surface area (Å²) in [6.07, 6.45) is 2.07. The van der Waals surface area contributed by atoms with Crippen LogP contribution in [0.15, 0.2) is 0 Å². The van der Waals surface area contributed by atoms with Crippen molar-refractivity contribution in [3.05, 3.63) is 4.88 Å². The first-order chi connectivity index (χ1) is 9.28. The fourth-order valence-electron chi connectivity index (χ4n) is 1.76. The minimum atomic E-state index is -0.0999. The van der Waals surface area contributed by atoms with Crippen molar-refractivity contribution >= 4 is 28.2 Å². The molecule has 0 bridgehead atoms. The number of carbonyl (C=O) groups excluding carboxylic acids is 1. The number of nitrogens with two attached hydrogens (primary N) is 1. The molecular formula is C14H26N4OS. The summed E-state index contributed by atoms with van der Waals surface area (Å²) in [5, 5.41) is 3.95. The van der Waals surface area contributed by atoms with Crippen LogP contribution >= 0.6 is 11.3 Å². The average Bonchev–Trinajstić information content (AvgIpc) is 2.68. The SMILES string of the molecule is CCCCN(CC)C(=O)c1sc(NC(C)(C)C)nc1N. The first kappa shape index (κ1) is 16.8. The highest BCUT2D eigenvalue weighted by Gasteiger charge is 2.22. The maximum absolute atomic E-state index is 12.5. The molecule has 0 radical (unpaired) electrons. The zero-order valence-corrected chi connectivity index (χ0v) is 13.9. The summed E-state index contributed by atoms with van der Waals surface area (Å²) < 4.78 is 0. The van der Waals surface area contributed by atoms with E-state index in [0.717, 1.165) is 19.4 Å². The number of hydrogen-bond acceptors (Lipinski definition) is 5. The third-order valence-corrected chi connectivity index (χ3v) is 3.75. The average molecular weight is 298 g/mol. The van der Waals surface area contributed by atoms with E-state index in [1.165, 1.54) is 11.3 Å². The summed E-state index contributed by atoms with van der Waals surface area (Å²) in [6, 6.07) is 0. The minimum Gasteiger partial charge on any atom is -0.382 e. The van der Waals surface area contributed by atoms with Gasteiger partial charge in [0.1, 0.15) is 10.7 Å². The van der Waals surface area contributed by atoms with Crippen LogP contribution in [0.5, 0.6) is 0 Å². The number of thiazole rings is 1. The van der Waals surface area contributed by atoms with E-state index < -0.39 is 0 Å². The van der Waals surface area contributed by atoms with Gasteiger partial charge in [-0.3, -0.25) is 4.79 Å². The Kier molecular flexibility index (Phi) is 5.80. The molecule has 0 aromatic carbocycles. The number of rotatable bonds is 6. The molecule has 1 rings (SSSR count). The molecule has 20 heavy (non-hydrogen) atoms. The molecule has 5 nitrogen and oxygen atoms in total. The van der Waals surface area contributed by atoms with Gasteiger partial charge < -0.3 is 16.0 Å². The number of nitrogens with one attached hydrogen (secondary N) is 1. The predicted octanol–water partition coefficient (Wildman–Crippen LogP) is 3.20. The van der Waals surface area contributed by atoms with Crippen LogP contribution in [-0.2, 0) is 0 Å². The second-order valence-electron chi connectivity index (χ2n) is 5.85. The maximum atomic E-state index is 12.5. The molecular weight excluding hydrogens is 272 g/mol. The van der Waals surface area contributed by atoms with Gasteiger partial charge in [0.2, 0.25) is 0 Å². The van der Waals surface area contributed by atoms with Gasteiger partial charge in [-0.1, -0.05) is 24.7 Å². The number of amides is 1. The Morgan fingerprint density at radius 3 is 2.55 bits per heavy atom. The van der Waals surface area contributed by atoms with Crippen LogP contribution in [-0.4, -0.2) is 34.4 Å². The molecule has 0 fully saturated rings. The molecule has 0 saturated heterocycles. The molecule has 0 aliphatic carbocycles. The Hall–Kier alpha value is -1.30. The molecule has 0 saturated carbocycles. The summed E-state index contributed by atoms with van der Waals surface area (Å²) in [5.41, 5.74) is 5.79. The van der Waals surface area contributed by atoms with Crippen molar-refractivity contribution in [2.24, 2.45) is 0 Å². The molecule has 1 aromatic heterocycles. The van der Waals surface area contributed by atoms with E-state index in [9.17, 15) is 4.79 Å². The van der Waals surface area contributed by atoms with Gasteiger partial charge in [-0.15, -0.1) is 0 Å². The van der Waals surface area contributed by atoms with Gasteiger partial charge in [-0.05, 0) is 34.1 Å². The van der Waals surface area contributed by atoms with Crippen molar-refractivity contribution in [1.29, 1.82) is 0 Å². The van der Waals surface area contributed by atoms with E-state index in [4.69, 9.17) is 5.73 Å². The van der Waals surface area contributed by atoms with E-state index in [1.807, 2.05) is 32.6 Å². The van der Waals surface area contributed by atoms with Crippen LogP contribution in [0.3, 0.4) is 0 Å². The molecule has 3 N–H and O–H groups in total. The second kappa shape index (κ2) is 6.92. The van der Waals surface area contributed by atoms with Gasteiger partial charge in [-0.25, -0.2) is 4.98 Å². The summed E-state index contributed by atoms with van der Waals surface area (Å²) >= 11 is 1.33. The van der Waals surface area contributed by atoms with Crippen molar-refractivity contribution in [3.8, 4) is 0 Å². The molecule has 0 aliphatic rings. The highest BCUT2D eigenvalue weighted by atomic mass is 32.1. The van der Waals surface area contributed by atoms with Crippen molar-refractivity contribution in [1.82, 2.24) is 9.88 Å². The van der Waals surface area contributed by atoms with Crippen LogP contribution in [0.25, 0.3) is 0 Å². The molecule has 1 aromatic rings. The highest BCUT2D eigenvalue weighted by molar-refractivity contribution is 7.18. The van der Waals surface area contributed by atoms with E-state index in [1.54, 1.807) is 0 Å². The maximum Gasteiger partial charge on any atom is 0.267 e. The van der Waals surface area contributed by atoms with E-state index in [2.05, 4.69) is 17.2 Å². The molecule has 114 valence electrons. The quantitative estimate of drug-likeness (QED) is 0.846. The van der Waals surface area contributed by atoms with Gasteiger partial charge in [-0.2, -0.15) is 0 Å². The fraction of sp³-hybridized carbons (Fsp3) is 0.714. The van der Waals surface area contributed by atoms with Crippen LogP contribution in [0.2, 0.25) is 0 Å². The van der Waals surface area contributed by atoms with Crippen LogP contribution in [0, 0.1) is 0 Å².